The predicted octanol–water partition coefficient (Wildman–Crippen LogP) is 3.38. The van der Waals surface area contributed by atoms with Crippen molar-refractivity contribution in [1.82, 2.24) is 14.7 Å². The Kier molecular flexibility index (Phi) is 4.57. The van der Waals surface area contributed by atoms with Crippen LogP contribution in [0.4, 0.5) is 4.39 Å². The van der Waals surface area contributed by atoms with Crippen LogP contribution in [0.3, 0.4) is 0 Å². The lowest BCUT2D eigenvalue weighted by atomic mass is 10.1. The Hall–Kier alpha value is -2.40. The first kappa shape index (κ1) is 15.5. The number of aromatic nitrogens is 2. The summed E-state index contributed by atoms with van der Waals surface area (Å²) in [4.78, 5) is 4.57. The molecule has 0 spiro atoms. The molecular formula is C18H20FN3O. The number of methoxy groups -OCH3 is 1. The number of hydrogen-bond donors (Lipinski definition) is 1. The summed E-state index contributed by atoms with van der Waals surface area (Å²) in [6, 6.07) is 11.0. The van der Waals surface area contributed by atoms with E-state index in [1.165, 1.54) is 13.2 Å². The maximum atomic E-state index is 13.5. The maximum absolute atomic E-state index is 13.5. The number of benzene rings is 1. The third-order valence-corrected chi connectivity index (χ3v) is 3.92. The minimum Gasteiger partial charge on any atom is -0.494 e. The fraction of sp³-hybridized carbons (Fsp3) is 0.278. The summed E-state index contributed by atoms with van der Waals surface area (Å²) in [5.74, 6) is -0.0651. The van der Waals surface area contributed by atoms with Crippen LogP contribution in [0.1, 0.15) is 24.2 Å². The van der Waals surface area contributed by atoms with Gasteiger partial charge in [0.1, 0.15) is 5.65 Å². The molecule has 5 heteroatoms. The highest BCUT2D eigenvalue weighted by molar-refractivity contribution is 5.39. The van der Waals surface area contributed by atoms with Crippen molar-refractivity contribution in [3.05, 3.63) is 65.9 Å². The Morgan fingerprint density at radius 3 is 2.96 bits per heavy atom. The molecule has 0 radical (unpaired) electrons. The van der Waals surface area contributed by atoms with Crippen LogP contribution in [0, 0.1) is 5.82 Å². The van der Waals surface area contributed by atoms with Crippen molar-refractivity contribution in [3.8, 4) is 5.75 Å². The third kappa shape index (κ3) is 3.51. The first-order valence-electron chi connectivity index (χ1n) is 7.67. The second-order valence-corrected chi connectivity index (χ2v) is 5.52. The number of imidazole rings is 1. The van der Waals surface area contributed by atoms with E-state index in [9.17, 15) is 4.39 Å². The first-order chi connectivity index (χ1) is 11.2. The second-order valence-electron chi connectivity index (χ2n) is 5.52. The number of ether oxygens (including phenoxy) is 1. The number of nitrogens with zero attached hydrogens (tertiary/aromatic N) is 2. The van der Waals surface area contributed by atoms with Gasteiger partial charge >= 0.3 is 0 Å². The molecule has 0 aliphatic heterocycles. The standard InChI is InChI=1S/C18H20FN3O/c1-13(14-6-7-16(19)17(11-14)23-2)20-9-8-15-12-22-10-4-3-5-18(22)21-15/h3-7,10-13,20H,8-9H2,1-2H3/t13-/m0/s1. The van der Waals surface area contributed by atoms with E-state index in [0.29, 0.717) is 0 Å². The van der Waals surface area contributed by atoms with Crippen molar-refractivity contribution < 1.29 is 9.13 Å². The highest BCUT2D eigenvalue weighted by atomic mass is 19.1. The summed E-state index contributed by atoms with van der Waals surface area (Å²) in [6.07, 6.45) is 4.87. The van der Waals surface area contributed by atoms with Crippen LogP contribution < -0.4 is 10.1 Å². The quantitative estimate of drug-likeness (QED) is 0.758. The lowest BCUT2D eigenvalue weighted by Crippen LogP contribution is -2.21. The van der Waals surface area contributed by atoms with Crippen molar-refractivity contribution in [1.29, 1.82) is 0 Å². The molecule has 0 unspecified atom stereocenters. The fourth-order valence-electron chi connectivity index (χ4n) is 2.59. The summed E-state index contributed by atoms with van der Waals surface area (Å²) in [5.41, 5.74) is 3.00. The molecule has 2 aromatic heterocycles. The summed E-state index contributed by atoms with van der Waals surface area (Å²) in [7, 11) is 1.48. The van der Waals surface area contributed by atoms with E-state index in [1.807, 2.05) is 35.0 Å². The van der Waals surface area contributed by atoms with Gasteiger partial charge in [-0.15, -0.1) is 0 Å². The molecule has 0 saturated carbocycles. The van der Waals surface area contributed by atoms with Crippen molar-refractivity contribution in [2.45, 2.75) is 19.4 Å². The number of halogens is 1. The molecule has 0 aliphatic carbocycles. The lowest BCUT2D eigenvalue weighted by Gasteiger charge is -2.15. The smallest absolute Gasteiger partial charge is 0.165 e. The van der Waals surface area contributed by atoms with E-state index in [4.69, 9.17) is 4.74 Å². The Labute approximate surface area is 134 Å². The van der Waals surface area contributed by atoms with Gasteiger partial charge in [-0.1, -0.05) is 12.1 Å². The molecule has 120 valence electrons. The van der Waals surface area contributed by atoms with Crippen LogP contribution in [0.15, 0.2) is 48.8 Å². The Bertz CT molecular complexity index is 767. The van der Waals surface area contributed by atoms with Crippen LogP contribution in [0.2, 0.25) is 0 Å². The van der Waals surface area contributed by atoms with Crippen LogP contribution in [-0.4, -0.2) is 23.0 Å². The highest BCUT2D eigenvalue weighted by Gasteiger charge is 2.09. The SMILES string of the molecule is COc1cc([C@H](C)NCCc2cn3ccccc3n2)ccc1F. The molecule has 23 heavy (non-hydrogen) atoms. The van der Waals surface area contributed by atoms with Gasteiger partial charge in [-0.3, -0.25) is 0 Å². The average molecular weight is 313 g/mol. The number of pyridine rings is 1. The summed E-state index contributed by atoms with van der Waals surface area (Å²) in [6.45, 7) is 2.85. The van der Waals surface area contributed by atoms with E-state index < -0.39 is 0 Å². The van der Waals surface area contributed by atoms with E-state index in [1.54, 1.807) is 12.1 Å². The number of hydrogen-bond acceptors (Lipinski definition) is 3. The zero-order valence-electron chi connectivity index (χ0n) is 13.3. The Balaban J connectivity index is 1.59. The number of nitrogens with one attached hydrogen (secondary N) is 1. The third-order valence-electron chi connectivity index (χ3n) is 3.92. The minimum absolute atomic E-state index is 0.113. The van der Waals surface area contributed by atoms with E-state index in [-0.39, 0.29) is 17.6 Å². The molecule has 0 fully saturated rings. The Morgan fingerprint density at radius 2 is 2.17 bits per heavy atom. The van der Waals surface area contributed by atoms with Crippen LogP contribution >= 0.6 is 0 Å². The van der Waals surface area contributed by atoms with Gasteiger partial charge in [-0.2, -0.15) is 0 Å². The molecule has 3 rings (SSSR count). The molecule has 0 saturated heterocycles. The van der Waals surface area contributed by atoms with Gasteiger partial charge in [0.2, 0.25) is 0 Å². The van der Waals surface area contributed by atoms with Gasteiger partial charge in [-0.25, -0.2) is 9.37 Å². The van der Waals surface area contributed by atoms with E-state index >= 15 is 0 Å². The molecule has 1 aromatic carbocycles. The van der Waals surface area contributed by atoms with E-state index in [2.05, 4.69) is 17.2 Å². The van der Waals surface area contributed by atoms with Gasteiger partial charge < -0.3 is 14.5 Å². The maximum Gasteiger partial charge on any atom is 0.165 e. The van der Waals surface area contributed by atoms with Crippen LogP contribution in [0.25, 0.3) is 5.65 Å². The van der Waals surface area contributed by atoms with Crippen molar-refractivity contribution in [2.24, 2.45) is 0 Å². The van der Waals surface area contributed by atoms with Crippen LogP contribution in [-0.2, 0) is 6.42 Å². The van der Waals surface area contributed by atoms with Gasteiger partial charge in [0, 0.05) is 31.4 Å². The summed E-state index contributed by atoms with van der Waals surface area (Å²) < 4.78 is 20.5. The molecule has 3 aromatic rings. The number of fused-ring (bicyclic) bond motifs is 1. The normalized spacial score (nSPS) is 12.5. The van der Waals surface area contributed by atoms with Crippen LogP contribution in [0.5, 0.6) is 5.75 Å². The Morgan fingerprint density at radius 1 is 1.30 bits per heavy atom. The predicted molar refractivity (Wildman–Crippen MR) is 88.3 cm³/mol. The molecule has 1 atom stereocenters. The molecular weight excluding hydrogens is 293 g/mol. The fourth-order valence-corrected chi connectivity index (χ4v) is 2.59. The summed E-state index contributed by atoms with van der Waals surface area (Å²) in [5, 5.41) is 3.44. The second kappa shape index (κ2) is 6.79. The zero-order chi connectivity index (χ0) is 16.2. The lowest BCUT2D eigenvalue weighted by molar-refractivity contribution is 0.385. The van der Waals surface area contributed by atoms with Gasteiger partial charge in [0.15, 0.2) is 11.6 Å². The molecule has 1 N–H and O–H groups in total. The van der Waals surface area contributed by atoms with Crippen molar-refractivity contribution in [3.63, 3.8) is 0 Å². The van der Waals surface area contributed by atoms with Gasteiger partial charge in [-0.05, 0) is 36.8 Å². The van der Waals surface area contributed by atoms with Crippen molar-refractivity contribution in [2.75, 3.05) is 13.7 Å². The topological polar surface area (TPSA) is 38.6 Å². The monoisotopic (exact) mass is 313 g/mol. The molecule has 4 nitrogen and oxygen atoms in total. The number of rotatable bonds is 6. The summed E-state index contributed by atoms with van der Waals surface area (Å²) >= 11 is 0. The highest BCUT2D eigenvalue weighted by Crippen LogP contribution is 2.22. The average Bonchev–Trinajstić information content (AvgIpc) is 2.97. The first-order valence-corrected chi connectivity index (χ1v) is 7.67. The minimum atomic E-state index is -0.340. The molecule has 0 bridgehead atoms. The van der Waals surface area contributed by atoms with Gasteiger partial charge in [0.05, 0.1) is 12.8 Å². The molecule has 0 aliphatic rings. The van der Waals surface area contributed by atoms with Gasteiger partial charge in [0.25, 0.3) is 0 Å². The van der Waals surface area contributed by atoms with Crippen molar-refractivity contribution >= 4 is 5.65 Å². The largest absolute Gasteiger partial charge is 0.494 e. The molecule has 0 amide bonds. The van der Waals surface area contributed by atoms with E-state index in [0.717, 1.165) is 29.9 Å². The zero-order valence-corrected chi connectivity index (χ0v) is 13.3. The molecule has 2 heterocycles.